The van der Waals surface area contributed by atoms with Gasteiger partial charge in [-0.15, -0.1) is 0 Å². The van der Waals surface area contributed by atoms with Crippen molar-refractivity contribution in [3.63, 3.8) is 0 Å². The standard InChI is InChI=1S/C32H40N6O5/c1-35(17-18-43-26-3-2-12-33-20-26)31(41)22-4-6-24(7-5-22)36-13-15-37(16-14-36)25-8-9-27-23(19-25)21-38(32(27)42)28-10-11-29(39)34-30(28)40/h4-9,19,26,28,33H,2-3,10-18,20-21H2,1H3,(H,34,39,40)/t26-,28+/m0/s1. The molecule has 4 amide bonds. The number of carbonyl (C=O) groups excluding carboxylic acids is 4. The lowest BCUT2D eigenvalue weighted by atomic mass is 10.0. The molecule has 11 heteroatoms. The van der Waals surface area contributed by atoms with E-state index in [1.165, 1.54) is 0 Å². The molecule has 0 bridgehead atoms. The number of likely N-dealkylation sites (N-methyl/N-ethyl adjacent to an activating group) is 1. The summed E-state index contributed by atoms with van der Waals surface area (Å²) >= 11 is 0. The summed E-state index contributed by atoms with van der Waals surface area (Å²) in [7, 11) is 1.82. The maximum Gasteiger partial charge on any atom is 0.255 e. The SMILES string of the molecule is CN(CCO[C@H]1CCCNC1)C(=O)c1ccc(N2CCN(c3ccc4c(c3)CN([C@@H]3CCC(=O)NC3=O)C4=O)CC2)cc1. The van der Waals surface area contributed by atoms with Crippen molar-refractivity contribution < 1.29 is 23.9 Å². The van der Waals surface area contributed by atoms with Crippen LogP contribution in [0.3, 0.4) is 0 Å². The van der Waals surface area contributed by atoms with Gasteiger partial charge >= 0.3 is 0 Å². The summed E-state index contributed by atoms with van der Waals surface area (Å²) in [5.41, 5.74) is 4.36. The number of nitrogens with one attached hydrogen (secondary N) is 2. The molecule has 0 radical (unpaired) electrons. The quantitative estimate of drug-likeness (QED) is 0.448. The van der Waals surface area contributed by atoms with Gasteiger partial charge in [-0.3, -0.25) is 24.5 Å². The number of rotatable bonds is 8. The topological polar surface area (TPSA) is 115 Å². The summed E-state index contributed by atoms with van der Waals surface area (Å²) in [5, 5.41) is 5.70. The van der Waals surface area contributed by atoms with Gasteiger partial charge in [0.2, 0.25) is 11.8 Å². The molecule has 3 fully saturated rings. The van der Waals surface area contributed by atoms with Crippen LogP contribution in [0.15, 0.2) is 42.5 Å². The van der Waals surface area contributed by atoms with Gasteiger partial charge in [-0.1, -0.05) is 0 Å². The van der Waals surface area contributed by atoms with Crippen LogP contribution in [0.2, 0.25) is 0 Å². The highest BCUT2D eigenvalue weighted by atomic mass is 16.5. The number of fused-ring (bicyclic) bond motifs is 1. The second-order valence-electron chi connectivity index (χ2n) is 11.8. The zero-order chi connectivity index (χ0) is 29.9. The molecular weight excluding hydrogens is 548 g/mol. The fraction of sp³-hybridized carbons (Fsp3) is 0.500. The number of hydrogen-bond donors (Lipinski definition) is 2. The first kappa shape index (κ1) is 29.1. The summed E-state index contributed by atoms with van der Waals surface area (Å²) in [4.78, 5) is 57.8. The van der Waals surface area contributed by atoms with Crippen molar-refractivity contribution in [3.05, 3.63) is 59.2 Å². The van der Waals surface area contributed by atoms with Gasteiger partial charge in [0, 0.05) is 81.8 Å². The highest BCUT2D eigenvalue weighted by Gasteiger charge is 2.39. The Kier molecular flexibility index (Phi) is 8.62. The van der Waals surface area contributed by atoms with Crippen molar-refractivity contribution in [2.45, 2.75) is 44.4 Å². The minimum atomic E-state index is -0.607. The van der Waals surface area contributed by atoms with Gasteiger partial charge in [0.05, 0.1) is 12.7 Å². The van der Waals surface area contributed by atoms with Crippen LogP contribution in [-0.4, -0.2) is 105 Å². The monoisotopic (exact) mass is 588 g/mol. The third-order valence-electron chi connectivity index (χ3n) is 9.01. The van der Waals surface area contributed by atoms with E-state index in [1.54, 1.807) is 9.80 Å². The van der Waals surface area contributed by atoms with Crippen LogP contribution in [0.25, 0.3) is 0 Å². The van der Waals surface area contributed by atoms with E-state index >= 15 is 0 Å². The van der Waals surface area contributed by atoms with E-state index in [0.29, 0.717) is 37.2 Å². The Morgan fingerprint density at radius 3 is 2.40 bits per heavy atom. The smallest absolute Gasteiger partial charge is 0.255 e. The zero-order valence-electron chi connectivity index (χ0n) is 24.7. The Balaban J connectivity index is 0.997. The van der Waals surface area contributed by atoms with Crippen molar-refractivity contribution in [2.24, 2.45) is 0 Å². The van der Waals surface area contributed by atoms with Gasteiger partial charge in [0.1, 0.15) is 6.04 Å². The van der Waals surface area contributed by atoms with E-state index in [9.17, 15) is 19.2 Å². The average molecular weight is 589 g/mol. The minimum absolute atomic E-state index is 0.00648. The third-order valence-corrected chi connectivity index (χ3v) is 9.01. The lowest BCUT2D eigenvalue weighted by molar-refractivity contribution is -0.136. The van der Waals surface area contributed by atoms with Crippen LogP contribution in [0.4, 0.5) is 11.4 Å². The molecule has 4 aliphatic rings. The Morgan fingerprint density at radius 1 is 0.977 bits per heavy atom. The molecule has 2 aromatic carbocycles. The lowest BCUT2D eigenvalue weighted by Gasteiger charge is -2.37. The molecule has 228 valence electrons. The van der Waals surface area contributed by atoms with E-state index in [4.69, 9.17) is 4.74 Å². The maximum atomic E-state index is 13.0. The molecule has 2 atom stereocenters. The van der Waals surface area contributed by atoms with Crippen LogP contribution in [0, 0.1) is 0 Å². The number of piperidine rings is 2. The van der Waals surface area contributed by atoms with Gasteiger partial charge in [-0.05, 0) is 73.8 Å². The van der Waals surface area contributed by atoms with E-state index < -0.39 is 11.9 Å². The highest BCUT2D eigenvalue weighted by Crippen LogP contribution is 2.31. The largest absolute Gasteiger partial charge is 0.375 e. The summed E-state index contributed by atoms with van der Waals surface area (Å²) < 4.78 is 5.93. The Hall–Kier alpha value is -3.96. The minimum Gasteiger partial charge on any atom is -0.375 e. The van der Waals surface area contributed by atoms with E-state index in [2.05, 4.69) is 26.5 Å². The second-order valence-corrected chi connectivity index (χ2v) is 11.8. The van der Waals surface area contributed by atoms with Crippen LogP contribution < -0.4 is 20.4 Å². The Labute approximate surface area is 252 Å². The molecular formula is C32H40N6O5. The van der Waals surface area contributed by atoms with E-state index in [-0.39, 0.29) is 30.2 Å². The molecule has 0 spiro atoms. The third kappa shape index (κ3) is 6.37. The van der Waals surface area contributed by atoms with Crippen molar-refractivity contribution in [1.82, 2.24) is 20.4 Å². The summed E-state index contributed by atoms with van der Waals surface area (Å²) in [6.07, 6.45) is 3.04. The van der Waals surface area contributed by atoms with Crippen molar-refractivity contribution in [2.75, 3.05) is 69.3 Å². The van der Waals surface area contributed by atoms with Crippen LogP contribution in [-0.2, 0) is 20.9 Å². The molecule has 2 aromatic rings. The first-order chi connectivity index (χ1) is 20.9. The molecule has 4 aliphatic heterocycles. The summed E-state index contributed by atoms with van der Waals surface area (Å²) in [6, 6.07) is 13.1. The lowest BCUT2D eigenvalue weighted by Crippen LogP contribution is -2.52. The van der Waals surface area contributed by atoms with Gasteiger partial charge in [-0.25, -0.2) is 0 Å². The number of imide groups is 1. The summed E-state index contributed by atoms with van der Waals surface area (Å²) in [5.74, 6) is -0.837. The number of benzene rings is 2. The predicted octanol–water partition coefficient (Wildman–Crippen LogP) is 1.61. The zero-order valence-corrected chi connectivity index (χ0v) is 24.7. The number of nitrogens with zero attached hydrogens (tertiary/aromatic N) is 4. The number of carbonyl (C=O) groups is 4. The summed E-state index contributed by atoms with van der Waals surface area (Å²) in [6.45, 7) is 6.72. The fourth-order valence-electron chi connectivity index (χ4n) is 6.44. The van der Waals surface area contributed by atoms with Crippen LogP contribution >= 0.6 is 0 Å². The number of piperazine rings is 1. The van der Waals surface area contributed by atoms with Crippen molar-refractivity contribution >= 4 is 35.0 Å². The molecule has 43 heavy (non-hydrogen) atoms. The Bertz CT molecular complexity index is 1370. The molecule has 0 unspecified atom stereocenters. The first-order valence-corrected chi connectivity index (χ1v) is 15.3. The molecule has 2 N–H and O–H groups in total. The van der Waals surface area contributed by atoms with Crippen LogP contribution in [0.5, 0.6) is 0 Å². The fourth-order valence-corrected chi connectivity index (χ4v) is 6.44. The normalized spacial score (nSPS) is 22.4. The number of amides is 4. The molecule has 3 saturated heterocycles. The van der Waals surface area contributed by atoms with E-state index in [0.717, 1.165) is 69.0 Å². The molecule has 4 heterocycles. The second kappa shape index (κ2) is 12.7. The average Bonchev–Trinajstić information content (AvgIpc) is 3.36. The van der Waals surface area contributed by atoms with Crippen LogP contribution in [0.1, 0.15) is 52.0 Å². The van der Waals surface area contributed by atoms with Crippen molar-refractivity contribution in [3.8, 4) is 0 Å². The van der Waals surface area contributed by atoms with Gasteiger partial charge in [0.25, 0.3) is 11.8 Å². The van der Waals surface area contributed by atoms with Gasteiger partial charge in [0.15, 0.2) is 0 Å². The molecule has 6 rings (SSSR count). The molecule has 0 saturated carbocycles. The molecule has 0 aromatic heterocycles. The van der Waals surface area contributed by atoms with Crippen molar-refractivity contribution in [1.29, 1.82) is 0 Å². The Morgan fingerprint density at radius 2 is 1.70 bits per heavy atom. The maximum absolute atomic E-state index is 13.0. The van der Waals surface area contributed by atoms with Gasteiger partial charge in [-0.2, -0.15) is 0 Å². The number of anilines is 2. The predicted molar refractivity (Wildman–Crippen MR) is 162 cm³/mol. The first-order valence-electron chi connectivity index (χ1n) is 15.3. The number of ether oxygens (including phenoxy) is 1. The van der Waals surface area contributed by atoms with Gasteiger partial charge < -0.3 is 29.7 Å². The molecule has 11 nitrogen and oxygen atoms in total. The van der Waals surface area contributed by atoms with E-state index in [1.807, 2.05) is 43.4 Å². The highest BCUT2D eigenvalue weighted by molar-refractivity contribution is 6.05. The number of hydrogen-bond acceptors (Lipinski definition) is 8. The molecule has 0 aliphatic carbocycles.